The van der Waals surface area contributed by atoms with Crippen molar-refractivity contribution in [2.45, 2.75) is 30.6 Å². The second-order valence-corrected chi connectivity index (χ2v) is 12.2. The molecule has 1 unspecified atom stereocenters. The zero-order valence-corrected chi connectivity index (χ0v) is 26.9. The molecule has 3 N–H and O–H groups in total. The Kier molecular flexibility index (Phi) is 11.2. The number of hydrogen-bond acceptors (Lipinski definition) is 5. The molecule has 7 nitrogen and oxygen atoms in total. The highest BCUT2D eigenvalue weighted by atomic mass is 32.2. The molecule has 0 aliphatic heterocycles. The van der Waals surface area contributed by atoms with E-state index in [0.717, 1.165) is 21.7 Å². The Morgan fingerprint density at radius 1 is 0.745 bits per heavy atom. The summed E-state index contributed by atoms with van der Waals surface area (Å²) in [7, 11) is 0. The van der Waals surface area contributed by atoms with Gasteiger partial charge in [0.05, 0.1) is 5.25 Å². The van der Waals surface area contributed by atoms with Crippen molar-refractivity contribution in [3.8, 4) is 5.75 Å². The summed E-state index contributed by atoms with van der Waals surface area (Å²) in [5.74, 6) is -0.295. The fraction of sp³-hybridized carbons (Fsp3) is 0.103. The Morgan fingerprint density at radius 3 is 2.06 bits per heavy atom. The van der Waals surface area contributed by atoms with Crippen molar-refractivity contribution in [3.05, 3.63) is 161 Å². The molecule has 3 amide bonds. The summed E-state index contributed by atoms with van der Waals surface area (Å²) in [6.45, 7) is 4.24. The molecule has 0 saturated heterocycles. The van der Waals surface area contributed by atoms with E-state index in [-0.39, 0.29) is 16.9 Å². The van der Waals surface area contributed by atoms with Gasteiger partial charge in [0.2, 0.25) is 5.91 Å². The summed E-state index contributed by atoms with van der Waals surface area (Å²) >= 11 is 1.42. The smallest absolute Gasteiger partial charge is 0.272 e. The second-order valence-electron chi connectivity index (χ2n) is 10.8. The third-order valence-corrected chi connectivity index (χ3v) is 8.28. The number of hydrogen-bond donors (Lipinski definition) is 3. The molecule has 0 bridgehead atoms. The summed E-state index contributed by atoms with van der Waals surface area (Å²) in [5, 5.41) is 8.28. The van der Waals surface area contributed by atoms with E-state index in [9.17, 15) is 14.4 Å². The van der Waals surface area contributed by atoms with Crippen LogP contribution in [-0.4, -0.2) is 23.0 Å². The van der Waals surface area contributed by atoms with E-state index in [1.807, 2.05) is 111 Å². The molecule has 0 heterocycles. The van der Waals surface area contributed by atoms with E-state index in [4.69, 9.17) is 4.74 Å². The number of benzene rings is 5. The molecule has 0 aliphatic rings. The topological polar surface area (TPSA) is 96.5 Å². The number of aryl methyl sites for hydroxylation is 1. The van der Waals surface area contributed by atoms with Crippen LogP contribution in [0, 0.1) is 6.92 Å². The molecule has 0 radical (unpaired) electrons. The summed E-state index contributed by atoms with van der Waals surface area (Å²) in [6, 6.07) is 40.8. The van der Waals surface area contributed by atoms with Gasteiger partial charge in [-0.25, -0.2) is 0 Å². The maximum atomic E-state index is 13.5. The third-order valence-electron chi connectivity index (χ3n) is 7.17. The largest absolute Gasteiger partial charge is 0.489 e. The number of carbonyl (C=O) groups is 3. The van der Waals surface area contributed by atoms with Gasteiger partial charge >= 0.3 is 0 Å². The summed E-state index contributed by atoms with van der Waals surface area (Å²) in [4.78, 5) is 40.2. The maximum absolute atomic E-state index is 13.5. The minimum Gasteiger partial charge on any atom is -0.489 e. The van der Waals surface area contributed by atoms with Crippen molar-refractivity contribution < 1.29 is 19.1 Å². The first-order valence-electron chi connectivity index (χ1n) is 15.1. The lowest BCUT2D eigenvalue weighted by molar-refractivity contribution is -0.115. The van der Waals surface area contributed by atoms with Gasteiger partial charge in [-0.2, -0.15) is 0 Å². The maximum Gasteiger partial charge on any atom is 0.272 e. The molecule has 0 aliphatic carbocycles. The number of anilines is 2. The Labute approximate surface area is 279 Å². The zero-order chi connectivity index (χ0) is 33.0. The quantitative estimate of drug-likeness (QED) is 0.0945. The highest BCUT2D eigenvalue weighted by molar-refractivity contribution is 8.00. The van der Waals surface area contributed by atoms with Crippen molar-refractivity contribution in [1.29, 1.82) is 0 Å². The molecular weight excluding hydrogens is 607 g/mol. The van der Waals surface area contributed by atoms with Crippen LogP contribution in [-0.2, 0) is 16.2 Å². The molecule has 5 aromatic rings. The van der Waals surface area contributed by atoms with E-state index >= 15 is 0 Å². The van der Waals surface area contributed by atoms with E-state index in [1.165, 1.54) is 11.8 Å². The van der Waals surface area contributed by atoms with Gasteiger partial charge in [-0.15, -0.1) is 11.8 Å². The fourth-order valence-electron chi connectivity index (χ4n) is 4.53. The average molecular weight is 642 g/mol. The van der Waals surface area contributed by atoms with Gasteiger partial charge in [-0.1, -0.05) is 78.9 Å². The van der Waals surface area contributed by atoms with Crippen LogP contribution in [0.2, 0.25) is 0 Å². The predicted octanol–water partition coefficient (Wildman–Crippen LogP) is 8.10. The number of nitrogens with one attached hydrogen (secondary N) is 3. The van der Waals surface area contributed by atoms with Crippen LogP contribution in [0.5, 0.6) is 5.75 Å². The number of carbonyl (C=O) groups excluding carboxylic acids is 3. The number of thioether (sulfide) groups is 1. The predicted molar refractivity (Wildman–Crippen MR) is 189 cm³/mol. The third kappa shape index (κ3) is 9.69. The number of para-hydroxylation sites is 1. The molecular formula is C39H35N3O4S. The Bertz CT molecular complexity index is 1840. The standard InChI is InChI=1S/C39H35N3O4S/c1-27-11-9-10-16-35(27)41-37(43)28(2)47-34-23-19-32(20-24-34)40-39(45)36(42-38(44)31-14-7-4-8-15-31)25-29-17-21-33(22-18-29)46-26-30-12-5-3-6-13-30/h3-25,28H,26H2,1-2H3,(H,40,45)(H,41,43)(H,42,44)/b36-25-. The van der Waals surface area contributed by atoms with Crippen molar-refractivity contribution in [2.75, 3.05) is 10.6 Å². The summed E-state index contributed by atoms with van der Waals surface area (Å²) in [6.07, 6.45) is 1.62. The van der Waals surface area contributed by atoms with E-state index in [0.29, 0.717) is 29.2 Å². The highest BCUT2D eigenvalue weighted by Crippen LogP contribution is 2.26. The number of amides is 3. The summed E-state index contributed by atoms with van der Waals surface area (Å²) in [5.41, 5.74) is 4.61. The molecule has 0 spiro atoms. The molecule has 5 aromatic carbocycles. The lowest BCUT2D eigenvalue weighted by Gasteiger charge is -2.14. The first kappa shape index (κ1) is 32.8. The van der Waals surface area contributed by atoms with E-state index in [2.05, 4.69) is 16.0 Å². The minimum absolute atomic E-state index is 0.0803. The van der Waals surface area contributed by atoms with Crippen LogP contribution >= 0.6 is 11.8 Å². The van der Waals surface area contributed by atoms with Gasteiger partial charge in [-0.05, 0) is 91.2 Å². The Balaban J connectivity index is 1.25. The molecule has 0 fully saturated rings. The lowest BCUT2D eigenvalue weighted by atomic mass is 10.1. The molecule has 1 atom stereocenters. The van der Waals surface area contributed by atoms with Gasteiger partial charge in [-0.3, -0.25) is 14.4 Å². The van der Waals surface area contributed by atoms with Gasteiger partial charge in [0, 0.05) is 21.8 Å². The zero-order valence-electron chi connectivity index (χ0n) is 26.1. The van der Waals surface area contributed by atoms with Crippen molar-refractivity contribution in [3.63, 3.8) is 0 Å². The van der Waals surface area contributed by atoms with Crippen molar-refractivity contribution in [1.82, 2.24) is 5.32 Å². The lowest BCUT2D eigenvalue weighted by Crippen LogP contribution is -2.30. The molecule has 5 rings (SSSR count). The first-order valence-corrected chi connectivity index (χ1v) is 16.0. The van der Waals surface area contributed by atoms with Crippen molar-refractivity contribution >= 4 is 46.9 Å². The van der Waals surface area contributed by atoms with Crippen LogP contribution in [0.25, 0.3) is 6.08 Å². The van der Waals surface area contributed by atoms with Crippen LogP contribution in [0.4, 0.5) is 11.4 Å². The summed E-state index contributed by atoms with van der Waals surface area (Å²) < 4.78 is 5.89. The number of ether oxygens (including phenoxy) is 1. The van der Waals surface area contributed by atoms with Gasteiger partial charge in [0.25, 0.3) is 11.8 Å². The van der Waals surface area contributed by atoms with Crippen LogP contribution in [0.3, 0.4) is 0 Å². The van der Waals surface area contributed by atoms with Gasteiger partial charge in [0.1, 0.15) is 18.1 Å². The molecule has 47 heavy (non-hydrogen) atoms. The molecule has 0 aromatic heterocycles. The van der Waals surface area contributed by atoms with Crippen LogP contribution < -0.4 is 20.7 Å². The SMILES string of the molecule is Cc1ccccc1NC(=O)C(C)Sc1ccc(NC(=O)/C(=C/c2ccc(OCc3ccccc3)cc2)NC(=O)c2ccccc2)cc1. The second kappa shape index (κ2) is 16.1. The highest BCUT2D eigenvalue weighted by Gasteiger charge is 2.17. The van der Waals surface area contributed by atoms with E-state index < -0.39 is 11.8 Å². The first-order chi connectivity index (χ1) is 22.8. The van der Waals surface area contributed by atoms with Gasteiger partial charge in [0.15, 0.2) is 0 Å². The molecule has 0 saturated carbocycles. The van der Waals surface area contributed by atoms with Crippen LogP contribution in [0.15, 0.2) is 144 Å². The van der Waals surface area contributed by atoms with Gasteiger partial charge < -0.3 is 20.7 Å². The average Bonchev–Trinajstić information content (AvgIpc) is 3.10. The van der Waals surface area contributed by atoms with Crippen LogP contribution in [0.1, 0.15) is 34.0 Å². The monoisotopic (exact) mass is 641 g/mol. The Morgan fingerprint density at radius 2 is 1.38 bits per heavy atom. The minimum atomic E-state index is -0.481. The Hall–Kier alpha value is -5.60. The fourth-order valence-corrected chi connectivity index (χ4v) is 5.40. The molecule has 8 heteroatoms. The van der Waals surface area contributed by atoms with Crippen molar-refractivity contribution in [2.24, 2.45) is 0 Å². The normalized spacial score (nSPS) is 11.7. The van der Waals surface area contributed by atoms with E-state index in [1.54, 1.807) is 42.5 Å². The molecule has 236 valence electrons. The number of rotatable bonds is 12.